The Kier molecular flexibility index (Phi) is 1.25. The van der Waals surface area contributed by atoms with E-state index >= 15 is 0 Å². The van der Waals surface area contributed by atoms with Crippen molar-refractivity contribution in [2.75, 3.05) is 13.2 Å². The van der Waals surface area contributed by atoms with Crippen LogP contribution in [0.25, 0.3) is 0 Å². The van der Waals surface area contributed by atoms with Crippen LogP contribution >= 0.6 is 0 Å². The van der Waals surface area contributed by atoms with Gasteiger partial charge in [0, 0.05) is 6.54 Å². The summed E-state index contributed by atoms with van der Waals surface area (Å²) in [5.74, 6) is 0. The molecule has 1 fully saturated rings. The van der Waals surface area contributed by atoms with Crippen LogP contribution in [0.5, 0.6) is 0 Å². The lowest BCUT2D eigenvalue weighted by Crippen LogP contribution is -2.10. The van der Waals surface area contributed by atoms with Gasteiger partial charge in [-0.15, -0.1) is 0 Å². The Hall–Kier alpha value is -0.590. The van der Waals surface area contributed by atoms with E-state index in [-0.39, 0.29) is 0 Å². The Labute approximate surface area is 41.9 Å². The van der Waals surface area contributed by atoms with E-state index in [1.54, 1.807) is 0 Å². The molecule has 0 unspecified atom stereocenters. The molecule has 0 aromatic rings. The van der Waals surface area contributed by atoms with E-state index in [0.29, 0.717) is 12.8 Å². The molecule has 1 heterocycles. The van der Waals surface area contributed by atoms with E-state index in [9.17, 15) is 0 Å². The average Bonchev–Trinajstić information content (AvgIpc) is 2.14. The molecule has 0 aliphatic carbocycles. The second-order valence-corrected chi connectivity index (χ2v) is 1.22. The van der Waals surface area contributed by atoms with Crippen molar-refractivity contribution in [1.82, 2.24) is 5.32 Å². The van der Waals surface area contributed by atoms with Crippen molar-refractivity contribution in [2.24, 2.45) is 0 Å². The van der Waals surface area contributed by atoms with Gasteiger partial charge in [0.25, 0.3) is 6.23 Å². The van der Waals surface area contributed by atoms with Gasteiger partial charge in [0.2, 0.25) is 0 Å². The highest BCUT2D eigenvalue weighted by Crippen LogP contribution is 1.99. The summed E-state index contributed by atoms with van der Waals surface area (Å²) in [6, 6.07) is 1.85. The molecule has 1 radical (unpaired) electrons. The Morgan fingerprint density at radius 1 is 1.86 bits per heavy atom. The third-order valence-electron chi connectivity index (χ3n) is 0.736. The van der Waals surface area contributed by atoms with Gasteiger partial charge in [0.15, 0.2) is 0 Å². The SMILES string of the molecule is N#C[C]1NCCO1. The maximum atomic E-state index is 8.09. The molecule has 37 valence electrons. The minimum Gasteiger partial charge on any atom is -0.342 e. The number of ether oxygens (including phenoxy) is 1. The minimum atomic E-state index is 0.347. The van der Waals surface area contributed by atoms with Crippen molar-refractivity contribution in [3.63, 3.8) is 0 Å². The number of hydrogen-bond donors (Lipinski definition) is 1. The van der Waals surface area contributed by atoms with Gasteiger partial charge in [-0.1, -0.05) is 0 Å². The highest BCUT2D eigenvalue weighted by molar-refractivity contribution is 5.02. The number of rotatable bonds is 0. The van der Waals surface area contributed by atoms with Gasteiger partial charge in [-0.3, -0.25) is 5.32 Å². The molecule has 3 nitrogen and oxygen atoms in total. The first-order valence-electron chi connectivity index (χ1n) is 2.07. The smallest absolute Gasteiger partial charge is 0.266 e. The average molecular weight is 97.1 g/mol. The van der Waals surface area contributed by atoms with E-state index in [0.717, 1.165) is 6.54 Å². The fourth-order valence-corrected chi connectivity index (χ4v) is 0.440. The molecule has 0 aromatic heterocycles. The number of nitrogens with zero attached hydrogens (tertiary/aromatic N) is 1. The summed E-state index contributed by atoms with van der Waals surface area (Å²) >= 11 is 0. The van der Waals surface area contributed by atoms with Crippen LogP contribution in [-0.4, -0.2) is 13.2 Å². The van der Waals surface area contributed by atoms with E-state index < -0.39 is 0 Å². The fourth-order valence-electron chi connectivity index (χ4n) is 0.440. The zero-order chi connectivity index (χ0) is 5.11. The monoisotopic (exact) mass is 97.0 g/mol. The lowest BCUT2D eigenvalue weighted by atomic mass is 10.6. The third kappa shape index (κ3) is 0.889. The maximum Gasteiger partial charge on any atom is 0.266 e. The number of nitriles is 1. The molecular weight excluding hydrogens is 92.1 g/mol. The van der Waals surface area contributed by atoms with Gasteiger partial charge in [-0.25, -0.2) is 0 Å². The topological polar surface area (TPSA) is 45.0 Å². The van der Waals surface area contributed by atoms with E-state index in [1.165, 1.54) is 0 Å². The fraction of sp³-hybridized carbons (Fsp3) is 0.500. The Balaban J connectivity index is 2.31. The number of hydrogen-bond acceptors (Lipinski definition) is 3. The molecule has 1 saturated heterocycles. The second kappa shape index (κ2) is 1.92. The lowest BCUT2D eigenvalue weighted by Gasteiger charge is -1.89. The molecule has 1 aliphatic rings. The summed E-state index contributed by atoms with van der Waals surface area (Å²) in [5.41, 5.74) is 0. The molecule has 7 heavy (non-hydrogen) atoms. The van der Waals surface area contributed by atoms with Crippen LogP contribution in [0.3, 0.4) is 0 Å². The molecule has 0 amide bonds. The van der Waals surface area contributed by atoms with Crippen molar-refractivity contribution in [3.8, 4) is 6.07 Å². The Morgan fingerprint density at radius 3 is 3.00 bits per heavy atom. The zero-order valence-electron chi connectivity index (χ0n) is 3.77. The van der Waals surface area contributed by atoms with Gasteiger partial charge < -0.3 is 4.74 Å². The molecule has 0 aromatic carbocycles. The molecule has 1 rings (SSSR count). The van der Waals surface area contributed by atoms with Crippen LogP contribution in [0.4, 0.5) is 0 Å². The first-order valence-corrected chi connectivity index (χ1v) is 2.07. The van der Waals surface area contributed by atoms with Gasteiger partial charge >= 0.3 is 0 Å². The zero-order valence-corrected chi connectivity index (χ0v) is 3.77. The lowest BCUT2D eigenvalue weighted by molar-refractivity contribution is 0.222. The van der Waals surface area contributed by atoms with Gasteiger partial charge in [-0.2, -0.15) is 5.26 Å². The van der Waals surface area contributed by atoms with Crippen LogP contribution in [0, 0.1) is 17.6 Å². The summed E-state index contributed by atoms with van der Waals surface area (Å²) in [4.78, 5) is 0. The highest BCUT2D eigenvalue weighted by Gasteiger charge is 2.13. The van der Waals surface area contributed by atoms with Crippen molar-refractivity contribution in [1.29, 1.82) is 5.26 Å². The predicted octanol–water partition coefficient (Wildman–Crippen LogP) is -0.381. The van der Waals surface area contributed by atoms with Gasteiger partial charge in [-0.05, 0) is 0 Å². The molecular formula is C4H5N2O. The molecule has 1 N–H and O–H groups in total. The standard InChI is InChI=1S/C4H5N2O/c5-3-4-6-1-2-7-4/h6H,1-2H2. The minimum absolute atomic E-state index is 0.347. The van der Waals surface area contributed by atoms with Gasteiger partial charge in [0.05, 0.1) is 6.61 Å². The van der Waals surface area contributed by atoms with Gasteiger partial charge in [0.1, 0.15) is 6.07 Å². The van der Waals surface area contributed by atoms with Crippen molar-refractivity contribution in [3.05, 3.63) is 6.23 Å². The van der Waals surface area contributed by atoms with Crippen LogP contribution in [0.15, 0.2) is 0 Å². The van der Waals surface area contributed by atoms with Crippen LogP contribution in [0.2, 0.25) is 0 Å². The van der Waals surface area contributed by atoms with Crippen molar-refractivity contribution in [2.45, 2.75) is 0 Å². The third-order valence-corrected chi connectivity index (χ3v) is 0.736. The van der Waals surface area contributed by atoms with E-state index in [2.05, 4.69) is 5.32 Å². The summed E-state index contributed by atoms with van der Waals surface area (Å²) in [6.07, 6.45) is 0.347. The normalized spacial score (nSPS) is 22.1. The Bertz CT molecular complexity index is 90.4. The van der Waals surface area contributed by atoms with Crippen molar-refractivity contribution >= 4 is 0 Å². The summed E-state index contributed by atoms with van der Waals surface area (Å²) in [6.45, 7) is 1.39. The second-order valence-electron chi connectivity index (χ2n) is 1.22. The summed E-state index contributed by atoms with van der Waals surface area (Å²) in [5, 5.41) is 10.8. The molecule has 1 aliphatic heterocycles. The van der Waals surface area contributed by atoms with Crippen molar-refractivity contribution < 1.29 is 4.74 Å². The predicted molar refractivity (Wildman–Crippen MR) is 22.8 cm³/mol. The molecule has 0 bridgehead atoms. The first kappa shape index (κ1) is 4.57. The van der Waals surface area contributed by atoms with Crippen LogP contribution in [0.1, 0.15) is 0 Å². The maximum absolute atomic E-state index is 8.09. The quantitative estimate of drug-likeness (QED) is 0.448. The van der Waals surface area contributed by atoms with Crippen LogP contribution in [-0.2, 0) is 4.74 Å². The summed E-state index contributed by atoms with van der Waals surface area (Å²) < 4.78 is 4.75. The Morgan fingerprint density at radius 2 is 2.71 bits per heavy atom. The molecule has 0 spiro atoms. The largest absolute Gasteiger partial charge is 0.342 e. The molecule has 3 heteroatoms. The summed E-state index contributed by atoms with van der Waals surface area (Å²) in [7, 11) is 0. The molecule has 0 saturated carbocycles. The number of nitrogens with one attached hydrogen (secondary N) is 1. The van der Waals surface area contributed by atoms with E-state index in [1.807, 2.05) is 6.07 Å². The van der Waals surface area contributed by atoms with E-state index in [4.69, 9.17) is 10.00 Å². The highest BCUT2D eigenvalue weighted by atomic mass is 16.5. The molecule has 0 atom stereocenters. The first-order chi connectivity index (χ1) is 3.43. The van der Waals surface area contributed by atoms with Crippen LogP contribution < -0.4 is 5.32 Å².